The first-order valence-corrected chi connectivity index (χ1v) is 7.59. The predicted octanol–water partition coefficient (Wildman–Crippen LogP) is 1.38. The van der Waals surface area contributed by atoms with Crippen LogP contribution in [0.2, 0.25) is 5.02 Å². The molecule has 0 saturated carbocycles. The van der Waals surface area contributed by atoms with E-state index in [2.05, 4.69) is 10.3 Å². The third-order valence-corrected chi connectivity index (χ3v) is 4.33. The lowest BCUT2D eigenvalue weighted by Crippen LogP contribution is -2.53. The SMILES string of the molecule is O=C(C1CC(F)(F)CN1)N1CCN(c2ncccc2Cl)CC1. The number of hydrogen-bond donors (Lipinski definition) is 1. The highest BCUT2D eigenvalue weighted by molar-refractivity contribution is 6.32. The van der Waals surface area contributed by atoms with Gasteiger partial charge in [0.05, 0.1) is 17.6 Å². The molecule has 3 heterocycles. The van der Waals surface area contributed by atoms with Crippen molar-refractivity contribution in [3.63, 3.8) is 0 Å². The second kappa shape index (κ2) is 5.96. The van der Waals surface area contributed by atoms with Gasteiger partial charge in [0.1, 0.15) is 5.82 Å². The Bertz CT molecular complexity index is 564. The Balaban J connectivity index is 1.58. The second-order valence-corrected chi connectivity index (χ2v) is 6.02. The molecule has 2 aliphatic heterocycles. The van der Waals surface area contributed by atoms with E-state index in [0.717, 1.165) is 0 Å². The number of carbonyl (C=O) groups is 1. The van der Waals surface area contributed by atoms with E-state index in [0.29, 0.717) is 37.0 Å². The maximum atomic E-state index is 13.2. The van der Waals surface area contributed by atoms with Crippen LogP contribution in [-0.2, 0) is 4.79 Å². The van der Waals surface area contributed by atoms with Crippen molar-refractivity contribution < 1.29 is 13.6 Å². The number of alkyl halides is 2. The fourth-order valence-electron chi connectivity index (χ4n) is 2.86. The van der Waals surface area contributed by atoms with Crippen LogP contribution in [0.15, 0.2) is 18.3 Å². The van der Waals surface area contributed by atoms with Crippen molar-refractivity contribution in [1.82, 2.24) is 15.2 Å². The summed E-state index contributed by atoms with van der Waals surface area (Å²) in [6.45, 7) is 1.72. The molecular weight excluding hydrogens is 314 g/mol. The Kier molecular flexibility index (Phi) is 4.18. The molecule has 2 saturated heterocycles. The van der Waals surface area contributed by atoms with E-state index in [1.165, 1.54) is 0 Å². The number of rotatable bonds is 2. The Labute approximate surface area is 132 Å². The molecule has 120 valence electrons. The molecule has 0 aliphatic carbocycles. The molecule has 0 spiro atoms. The zero-order valence-corrected chi connectivity index (χ0v) is 12.7. The molecule has 1 amide bonds. The van der Waals surface area contributed by atoms with Gasteiger partial charge in [0, 0.05) is 38.8 Å². The van der Waals surface area contributed by atoms with Gasteiger partial charge in [-0.15, -0.1) is 0 Å². The van der Waals surface area contributed by atoms with E-state index in [-0.39, 0.29) is 5.91 Å². The van der Waals surface area contributed by atoms with Crippen molar-refractivity contribution in [2.45, 2.75) is 18.4 Å². The number of hydrogen-bond acceptors (Lipinski definition) is 4. The molecule has 0 aromatic carbocycles. The molecule has 1 aromatic heterocycles. The molecule has 5 nitrogen and oxygen atoms in total. The van der Waals surface area contributed by atoms with E-state index >= 15 is 0 Å². The van der Waals surface area contributed by atoms with Crippen LogP contribution < -0.4 is 10.2 Å². The summed E-state index contributed by atoms with van der Waals surface area (Å²) in [6, 6.07) is 2.75. The molecule has 1 aromatic rings. The lowest BCUT2D eigenvalue weighted by Gasteiger charge is -2.36. The number of anilines is 1. The summed E-state index contributed by atoms with van der Waals surface area (Å²) in [5, 5.41) is 3.18. The molecule has 2 aliphatic rings. The van der Waals surface area contributed by atoms with Crippen molar-refractivity contribution in [3.05, 3.63) is 23.4 Å². The average molecular weight is 331 g/mol. The number of carbonyl (C=O) groups excluding carboxylic acids is 1. The molecule has 22 heavy (non-hydrogen) atoms. The van der Waals surface area contributed by atoms with Crippen LogP contribution in [0.1, 0.15) is 6.42 Å². The summed E-state index contributed by atoms with van der Waals surface area (Å²) in [5.41, 5.74) is 0. The molecule has 2 fully saturated rings. The van der Waals surface area contributed by atoms with Crippen molar-refractivity contribution in [3.8, 4) is 0 Å². The van der Waals surface area contributed by atoms with E-state index < -0.39 is 24.9 Å². The quantitative estimate of drug-likeness (QED) is 0.890. The van der Waals surface area contributed by atoms with E-state index in [4.69, 9.17) is 11.6 Å². The van der Waals surface area contributed by atoms with E-state index in [1.807, 2.05) is 4.90 Å². The van der Waals surface area contributed by atoms with E-state index in [9.17, 15) is 13.6 Å². The first kappa shape index (κ1) is 15.4. The van der Waals surface area contributed by atoms with Gasteiger partial charge in [-0.2, -0.15) is 0 Å². The van der Waals surface area contributed by atoms with Crippen LogP contribution >= 0.6 is 11.6 Å². The lowest BCUT2D eigenvalue weighted by atomic mass is 10.1. The van der Waals surface area contributed by atoms with Crippen molar-refractivity contribution in [2.75, 3.05) is 37.6 Å². The fourth-order valence-corrected chi connectivity index (χ4v) is 3.10. The van der Waals surface area contributed by atoms with Crippen LogP contribution in [0, 0.1) is 0 Å². The number of amides is 1. The summed E-state index contributed by atoms with van der Waals surface area (Å²) in [7, 11) is 0. The predicted molar refractivity (Wildman–Crippen MR) is 79.4 cm³/mol. The maximum Gasteiger partial charge on any atom is 0.262 e. The molecule has 0 radical (unpaired) electrons. The summed E-state index contributed by atoms with van der Waals surface area (Å²) in [5.74, 6) is -2.34. The number of aromatic nitrogens is 1. The number of nitrogens with zero attached hydrogens (tertiary/aromatic N) is 3. The minimum Gasteiger partial charge on any atom is -0.352 e. The average Bonchev–Trinajstić information content (AvgIpc) is 2.87. The topological polar surface area (TPSA) is 48.5 Å². The van der Waals surface area contributed by atoms with Gasteiger partial charge in [0.2, 0.25) is 5.91 Å². The number of halogens is 3. The number of nitrogens with one attached hydrogen (secondary N) is 1. The molecule has 3 rings (SSSR count). The molecule has 1 N–H and O–H groups in total. The van der Waals surface area contributed by atoms with Gasteiger partial charge in [0.15, 0.2) is 0 Å². The Morgan fingerprint density at radius 1 is 1.36 bits per heavy atom. The molecule has 0 bridgehead atoms. The smallest absolute Gasteiger partial charge is 0.262 e. The van der Waals surface area contributed by atoms with Crippen molar-refractivity contribution in [2.24, 2.45) is 0 Å². The van der Waals surface area contributed by atoms with Crippen LogP contribution in [0.3, 0.4) is 0 Å². The van der Waals surface area contributed by atoms with E-state index in [1.54, 1.807) is 23.2 Å². The molecule has 1 unspecified atom stereocenters. The molecule has 1 atom stereocenters. The highest BCUT2D eigenvalue weighted by atomic mass is 35.5. The van der Waals surface area contributed by atoms with Crippen LogP contribution in [0.5, 0.6) is 0 Å². The normalized spacial score (nSPS) is 24.6. The summed E-state index contributed by atoms with van der Waals surface area (Å²) < 4.78 is 26.4. The number of pyridine rings is 1. The van der Waals surface area contributed by atoms with Gasteiger partial charge in [-0.3, -0.25) is 10.1 Å². The lowest BCUT2D eigenvalue weighted by molar-refractivity contribution is -0.134. The summed E-state index contributed by atoms with van der Waals surface area (Å²) in [4.78, 5) is 20.1. The standard InChI is InChI=1S/C14H17ClF2N4O/c15-10-2-1-3-18-12(10)20-4-6-21(7-5-20)13(22)11-8-14(16,17)9-19-11/h1-3,11,19H,4-9H2. The minimum absolute atomic E-state index is 0.246. The maximum absolute atomic E-state index is 13.2. The Morgan fingerprint density at radius 2 is 2.09 bits per heavy atom. The third kappa shape index (κ3) is 3.15. The summed E-state index contributed by atoms with van der Waals surface area (Å²) in [6.07, 6.45) is 1.25. The zero-order valence-electron chi connectivity index (χ0n) is 11.9. The third-order valence-electron chi connectivity index (χ3n) is 4.04. The van der Waals surface area contributed by atoms with Crippen LogP contribution in [0.4, 0.5) is 14.6 Å². The van der Waals surface area contributed by atoms with Gasteiger partial charge >= 0.3 is 0 Å². The first-order chi connectivity index (χ1) is 10.5. The van der Waals surface area contributed by atoms with Gasteiger partial charge in [-0.1, -0.05) is 11.6 Å². The highest BCUT2D eigenvalue weighted by Gasteiger charge is 2.43. The van der Waals surface area contributed by atoms with Crippen LogP contribution in [-0.4, -0.2) is 60.5 Å². The number of piperazine rings is 1. The van der Waals surface area contributed by atoms with Crippen molar-refractivity contribution in [1.29, 1.82) is 0 Å². The van der Waals surface area contributed by atoms with Gasteiger partial charge in [-0.25, -0.2) is 13.8 Å². The monoisotopic (exact) mass is 330 g/mol. The van der Waals surface area contributed by atoms with Gasteiger partial charge < -0.3 is 9.80 Å². The fraction of sp³-hybridized carbons (Fsp3) is 0.571. The van der Waals surface area contributed by atoms with Crippen molar-refractivity contribution >= 4 is 23.3 Å². The minimum atomic E-state index is -2.79. The zero-order chi connectivity index (χ0) is 15.7. The largest absolute Gasteiger partial charge is 0.352 e. The first-order valence-electron chi connectivity index (χ1n) is 7.22. The molecule has 8 heteroatoms. The summed E-state index contributed by atoms with van der Waals surface area (Å²) >= 11 is 6.11. The Hall–Kier alpha value is -1.47. The second-order valence-electron chi connectivity index (χ2n) is 5.61. The highest BCUT2D eigenvalue weighted by Crippen LogP contribution is 2.27. The Morgan fingerprint density at radius 3 is 2.68 bits per heavy atom. The van der Waals surface area contributed by atoms with Gasteiger partial charge in [-0.05, 0) is 12.1 Å². The van der Waals surface area contributed by atoms with Crippen LogP contribution in [0.25, 0.3) is 0 Å². The van der Waals surface area contributed by atoms with Gasteiger partial charge in [0.25, 0.3) is 5.92 Å². The molecular formula is C14H17ClF2N4O.